The fourth-order valence-electron chi connectivity index (χ4n) is 1.99. The van der Waals surface area contributed by atoms with Crippen LogP contribution >= 0.6 is 0 Å². The van der Waals surface area contributed by atoms with Crippen LogP contribution in [0.2, 0.25) is 18.6 Å². The van der Waals surface area contributed by atoms with Crippen molar-refractivity contribution in [2.24, 2.45) is 11.5 Å². The zero-order valence-corrected chi connectivity index (χ0v) is 11.2. The molecule has 0 aromatic rings. The van der Waals surface area contributed by atoms with Gasteiger partial charge in [-0.25, -0.2) is 0 Å². The van der Waals surface area contributed by atoms with Crippen molar-refractivity contribution in [1.29, 1.82) is 0 Å². The molecule has 0 aliphatic heterocycles. The molecule has 2 atom stereocenters. The number of nitrogens with two attached hydrogens (primary N) is 2. The molecule has 0 aromatic carbocycles. The number of hydrogen-bond donors (Lipinski definition) is 2. The largest absolute Gasteiger partial charge is 0.420 e. The third kappa shape index (κ3) is 3.35. The molecule has 4 N–H and O–H groups in total. The molecule has 14 heavy (non-hydrogen) atoms. The summed E-state index contributed by atoms with van der Waals surface area (Å²) in [6, 6.07) is 0.345. The fraction of sp³-hybridized carbons (Fsp3) is 1.00. The van der Waals surface area contributed by atoms with E-state index in [-0.39, 0.29) is 12.1 Å². The van der Waals surface area contributed by atoms with E-state index in [0.29, 0.717) is 5.54 Å². The molecule has 4 heteroatoms. The Morgan fingerprint density at radius 2 is 1.43 bits per heavy atom. The van der Waals surface area contributed by atoms with Crippen molar-refractivity contribution < 1.29 is 4.43 Å². The van der Waals surface area contributed by atoms with Crippen molar-refractivity contribution in [2.75, 3.05) is 7.11 Å². The van der Waals surface area contributed by atoms with E-state index in [1.165, 1.54) is 0 Å². The molecule has 0 bridgehead atoms. The van der Waals surface area contributed by atoms with E-state index >= 15 is 0 Å². The fourth-order valence-corrected chi connectivity index (χ4v) is 4.80. The van der Waals surface area contributed by atoms with Crippen LogP contribution in [0, 0.1) is 0 Å². The van der Waals surface area contributed by atoms with E-state index in [0.717, 1.165) is 12.8 Å². The molecule has 0 aromatic heterocycles. The topological polar surface area (TPSA) is 61.3 Å². The lowest BCUT2D eigenvalue weighted by Gasteiger charge is -2.38. The molecule has 0 saturated carbocycles. The smallest absolute Gasteiger partial charge is 0.192 e. The Morgan fingerprint density at radius 3 is 1.64 bits per heavy atom. The third-order valence-electron chi connectivity index (χ3n) is 3.19. The van der Waals surface area contributed by atoms with Crippen LogP contribution in [0.4, 0.5) is 0 Å². The summed E-state index contributed by atoms with van der Waals surface area (Å²) in [6.45, 7) is 8.62. The Bertz CT molecular complexity index is 154. The van der Waals surface area contributed by atoms with Gasteiger partial charge in [-0.3, -0.25) is 0 Å². The summed E-state index contributed by atoms with van der Waals surface area (Å²) in [5, 5.41) is 0. The maximum absolute atomic E-state index is 6.13. The Morgan fingerprint density at radius 1 is 1.07 bits per heavy atom. The van der Waals surface area contributed by atoms with Gasteiger partial charge >= 0.3 is 0 Å². The lowest BCUT2D eigenvalue weighted by molar-refractivity contribution is 0.357. The van der Waals surface area contributed by atoms with Crippen LogP contribution in [-0.2, 0) is 4.43 Å². The predicted molar refractivity (Wildman–Crippen MR) is 64.8 cm³/mol. The molecular weight excluding hydrogens is 192 g/mol. The molecule has 0 aliphatic rings. The Kier molecular flexibility index (Phi) is 5.89. The number of rotatable bonds is 6. The summed E-state index contributed by atoms with van der Waals surface area (Å²) in [5.41, 5.74) is 12.6. The van der Waals surface area contributed by atoms with Crippen molar-refractivity contribution in [2.45, 2.75) is 57.4 Å². The SMILES string of the molecule is CCC(N)C(C(N)CC)[Si](C)(C)OC. The van der Waals surface area contributed by atoms with E-state index in [9.17, 15) is 0 Å². The molecule has 0 heterocycles. The van der Waals surface area contributed by atoms with Crippen LogP contribution in [-0.4, -0.2) is 27.5 Å². The van der Waals surface area contributed by atoms with Gasteiger partial charge in [-0.15, -0.1) is 0 Å². The van der Waals surface area contributed by atoms with Crippen LogP contribution in [0.5, 0.6) is 0 Å². The first kappa shape index (κ1) is 14.1. The maximum atomic E-state index is 6.13. The number of hydrogen-bond acceptors (Lipinski definition) is 3. The molecule has 0 fully saturated rings. The van der Waals surface area contributed by atoms with E-state index in [1.54, 1.807) is 7.11 Å². The van der Waals surface area contributed by atoms with Gasteiger partial charge in [0.15, 0.2) is 8.32 Å². The van der Waals surface area contributed by atoms with Crippen molar-refractivity contribution in [1.82, 2.24) is 0 Å². The minimum atomic E-state index is -1.72. The van der Waals surface area contributed by atoms with E-state index in [2.05, 4.69) is 26.9 Å². The van der Waals surface area contributed by atoms with Crippen LogP contribution in [0.1, 0.15) is 26.7 Å². The highest BCUT2D eigenvalue weighted by Crippen LogP contribution is 2.30. The van der Waals surface area contributed by atoms with Crippen molar-refractivity contribution >= 4 is 8.32 Å². The molecule has 0 radical (unpaired) electrons. The molecule has 0 aliphatic carbocycles. The molecule has 2 unspecified atom stereocenters. The van der Waals surface area contributed by atoms with E-state index < -0.39 is 8.32 Å². The highest BCUT2D eigenvalue weighted by atomic mass is 28.4. The average Bonchev–Trinajstić information content (AvgIpc) is 2.17. The van der Waals surface area contributed by atoms with Crippen LogP contribution in [0.25, 0.3) is 0 Å². The van der Waals surface area contributed by atoms with Crippen molar-refractivity contribution in [3.63, 3.8) is 0 Å². The second kappa shape index (κ2) is 5.85. The summed E-state index contributed by atoms with van der Waals surface area (Å²) in [7, 11) is 0.0569. The van der Waals surface area contributed by atoms with Gasteiger partial charge in [0, 0.05) is 24.7 Å². The van der Waals surface area contributed by atoms with E-state index in [1.807, 2.05) is 0 Å². The van der Waals surface area contributed by atoms with Gasteiger partial charge in [0.05, 0.1) is 0 Å². The average molecular weight is 218 g/mol. The van der Waals surface area contributed by atoms with Gasteiger partial charge in [-0.1, -0.05) is 13.8 Å². The highest BCUT2D eigenvalue weighted by molar-refractivity contribution is 6.73. The second-order valence-corrected chi connectivity index (χ2v) is 8.76. The van der Waals surface area contributed by atoms with Gasteiger partial charge in [0.2, 0.25) is 0 Å². The molecule has 3 nitrogen and oxygen atoms in total. The molecular formula is C10H26N2OSi. The first-order chi connectivity index (χ1) is 6.40. The summed E-state index contributed by atoms with van der Waals surface area (Å²) in [4.78, 5) is 0. The minimum Gasteiger partial charge on any atom is -0.420 e. The second-order valence-electron chi connectivity index (χ2n) is 4.48. The van der Waals surface area contributed by atoms with Gasteiger partial charge in [-0.05, 0) is 25.9 Å². The maximum Gasteiger partial charge on any atom is 0.192 e. The highest BCUT2D eigenvalue weighted by Gasteiger charge is 2.39. The van der Waals surface area contributed by atoms with Gasteiger partial charge in [0.1, 0.15) is 0 Å². The standard InChI is InChI=1S/C10H26N2OSi/c1-6-8(11)10(9(12)7-2)14(4,5)13-3/h8-10H,6-7,11-12H2,1-5H3. The van der Waals surface area contributed by atoms with Gasteiger partial charge < -0.3 is 15.9 Å². The van der Waals surface area contributed by atoms with Crippen molar-refractivity contribution in [3.05, 3.63) is 0 Å². The summed E-state index contributed by atoms with van der Waals surface area (Å²) >= 11 is 0. The van der Waals surface area contributed by atoms with Gasteiger partial charge in [-0.2, -0.15) is 0 Å². The first-order valence-electron chi connectivity index (χ1n) is 5.47. The van der Waals surface area contributed by atoms with Crippen molar-refractivity contribution in [3.8, 4) is 0 Å². The molecule has 0 amide bonds. The van der Waals surface area contributed by atoms with Crippen LogP contribution in [0.15, 0.2) is 0 Å². The monoisotopic (exact) mass is 218 g/mol. The lowest BCUT2D eigenvalue weighted by atomic mass is 10.0. The zero-order chi connectivity index (χ0) is 11.4. The Labute approximate surface area is 89.3 Å². The van der Waals surface area contributed by atoms with Gasteiger partial charge in [0.25, 0.3) is 0 Å². The normalized spacial score (nSPS) is 19.1. The zero-order valence-electron chi connectivity index (χ0n) is 10.2. The minimum absolute atomic E-state index is 0.173. The first-order valence-corrected chi connectivity index (χ1v) is 8.45. The van der Waals surface area contributed by atoms with Crippen LogP contribution in [0.3, 0.4) is 0 Å². The summed E-state index contributed by atoms with van der Waals surface area (Å²) < 4.78 is 5.62. The van der Waals surface area contributed by atoms with Crippen LogP contribution < -0.4 is 11.5 Å². The third-order valence-corrected chi connectivity index (χ3v) is 6.71. The molecule has 0 spiro atoms. The Balaban J connectivity index is 4.71. The predicted octanol–water partition coefficient (Wildman–Crippen LogP) is 1.68. The summed E-state index contributed by atoms with van der Waals surface area (Å²) in [6.07, 6.45) is 1.94. The van der Waals surface area contributed by atoms with E-state index in [4.69, 9.17) is 15.9 Å². The quantitative estimate of drug-likeness (QED) is 0.667. The molecule has 0 saturated heterocycles. The Hall–Kier alpha value is 0.0969. The summed E-state index contributed by atoms with van der Waals surface area (Å²) in [5.74, 6) is 0. The lowest BCUT2D eigenvalue weighted by Crippen LogP contribution is -2.52. The molecule has 0 rings (SSSR count). The molecule has 86 valence electrons.